The van der Waals surface area contributed by atoms with E-state index in [2.05, 4.69) is 16.8 Å². The quantitative estimate of drug-likeness (QED) is 0.706. The van der Waals surface area contributed by atoms with Crippen molar-refractivity contribution in [1.82, 2.24) is 14.7 Å². The van der Waals surface area contributed by atoms with Crippen molar-refractivity contribution >= 4 is 15.7 Å². The predicted molar refractivity (Wildman–Crippen MR) is 112 cm³/mol. The summed E-state index contributed by atoms with van der Waals surface area (Å²) in [5.74, 6) is 0.759. The van der Waals surface area contributed by atoms with Crippen LogP contribution >= 0.6 is 0 Å². The highest BCUT2D eigenvalue weighted by Crippen LogP contribution is 2.45. The molecular weight excluding hydrogens is 390 g/mol. The maximum atomic E-state index is 13.0. The zero-order chi connectivity index (χ0) is 20.6. The van der Waals surface area contributed by atoms with E-state index in [0.29, 0.717) is 37.4 Å². The number of piperazine rings is 1. The Labute approximate surface area is 173 Å². The Morgan fingerprint density at radius 3 is 2.55 bits per heavy atom. The molecule has 0 aromatic heterocycles. The minimum absolute atomic E-state index is 0.0992. The molecule has 29 heavy (non-hydrogen) atoms. The minimum atomic E-state index is -3.19. The monoisotopic (exact) mass is 421 g/mol. The highest BCUT2D eigenvalue weighted by atomic mass is 32.2. The molecule has 1 unspecified atom stereocenters. The lowest BCUT2D eigenvalue weighted by Crippen LogP contribution is -2.69. The maximum Gasteiger partial charge on any atom is 0.257 e. The first-order valence-electron chi connectivity index (χ1n) is 10.5. The molecule has 0 saturated carbocycles. The van der Waals surface area contributed by atoms with Crippen LogP contribution in [0.2, 0.25) is 0 Å². The zero-order valence-corrected chi connectivity index (χ0v) is 18.2. The number of carbonyl (C=O) groups excluding carboxylic acids is 1. The summed E-state index contributed by atoms with van der Waals surface area (Å²) in [5, 5.41) is 0. The van der Waals surface area contributed by atoms with Crippen LogP contribution in [0.3, 0.4) is 0 Å². The second-order valence-corrected chi connectivity index (χ2v) is 11.0. The second kappa shape index (κ2) is 7.89. The standard InChI is InChI=1S/C21H31N3O4S/c1-3-28-19-7-5-4-6-18(19)20(25)24-15-21(16-24)17(8-13-29(21,26)27)14-23-11-9-22(2)10-12-23/h4-7,17H,3,8-16H2,1-2H3. The highest BCUT2D eigenvalue weighted by molar-refractivity contribution is 7.93. The van der Waals surface area contributed by atoms with Gasteiger partial charge in [0, 0.05) is 45.8 Å². The summed E-state index contributed by atoms with van der Waals surface area (Å²) in [7, 11) is -1.07. The van der Waals surface area contributed by atoms with E-state index in [1.54, 1.807) is 17.0 Å². The molecule has 4 rings (SSSR count). The van der Waals surface area contributed by atoms with Crippen LogP contribution in [0.25, 0.3) is 0 Å². The van der Waals surface area contributed by atoms with Crippen molar-refractivity contribution < 1.29 is 17.9 Å². The van der Waals surface area contributed by atoms with Crippen LogP contribution in [-0.2, 0) is 9.84 Å². The number of sulfone groups is 1. The smallest absolute Gasteiger partial charge is 0.257 e. The summed E-state index contributed by atoms with van der Waals surface area (Å²) in [6.07, 6.45) is 0.701. The van der Waals surface area contributed by atoms with E-state index in [9.17, 15) is 13.2 Å². The Morgan fingerprint density at radius 1 is 1.17 bits per heavy atom. The number of likely N-dealkylation sites (tertiary alicyclic amines) is 1. The molecular formula is C21H31N3O4S. The Bertz CT molecular complexity index is 858. The molecule has 0 aliphatic carbocycles. The van der Waals surface area contributed by atoms with Gasteiger partial charge in [0.1, 0.15) is 10.5 Å². The fourth-order valence-corrected chi connectivity index (χ4v) is 7.32. The summed E-state index contributed by atoms with van der Waals surface area (Å²) < 4.78 is 30.7. The third kappa shape index (κ3) is 3.66. The van der Waals surface area contributed by atoms with E-state index >= 15 is 0 Å². The summed E-state index contributed by atoms with van der Waals surface area (Å²) >= 11 is 0. The average molecular weight is 422 g/mol. The topological polar surface area (TPSA) is 70.2 Å². The average Bonchev–Trinajstić information content (AvgIpc) is 2.93. The van der Waals surface area contributed by atoms with Crippen LogP contribution in [-0.4, -0.2) is 99.0 Å². The summed E-state index contributed by atoms with van der Waals surface area (Å²) in [5.41, 5.74) is 0.509. The fraction of sp³-hybridized carbons (Fsp3) is 0.667. The van der Waals surface area contributed by atoms with Crippen molar-refractivity contribution in [2.45, 2.75) is 18.1 Å². The first kappa shape index (κ1) is 20.6. The van der Waals surface area contributed by atoms with Crippen LogP contribution in [0.4, 0.5) is 0 Å². The molecule has 1 atom stereocenters. The largest absolute Gasteiger partial charge is 0.493 e. The van der Waals surface area contributed by atoms with Gasteiger partial charge in [-0.2, -0.15) is 0 Å². The van der Waals surface area contributed by atoms with Gasteiger partial charge in [-0.3, -0.25) is 4.79 Å². The number of hydrogen-bond acceptors (Lipinski definition) is 6. The number of hydrogen-bond donors (Lipinski definition) is 0. The molecule has 3 heterocycles. The summed E-state index contributed by atoms with van der Waals surface area (Å²) in [6.45, 7) is 7.77. The molecule has 7 nitrogen and oxygen atoms in total. The first-order chi connectivity index (χ1) is 13.9. The van der Waals surface area contributed by atoms with Gasteiger partial charge in [-0.1, -0.05) is 12.1 Å². The lowest BCUT2D eigenvalue weighted by molar-refractivity contribution is 0.0387. The molecule has 1 aromatic carbocycles. The van der Waals surface area contributed by atoms with Crippen molar-refractivity contribution in [3.63, 3.8) is 0 Å². The first-order valence-corrected chi connectivity index (χ1v) is 12.2. The molecule has 1 spiro atoms. The van der Waals surface area contributed by atoms with E-state index in [4.69, 9.17) is 4.74 Å². The predicted octanol–water partition coefficient (Wildman–Crippen LogP) is 0.962. The number of benzene rings is 1. The van der Waals surface area contributed by atoms with Gasteiger partial charge in [-0.15, -0.1) is 0 Å². The van der Waals surface area contributed by atoms with Gasteiger partial charge in [0.25, 0.3) is 5.91 Å². The van der Waals surface area contributed by atoms with Crippen molar-refractivity contribution in [3.8, 4) is 5.75 Å². The van der Waals surface area contributed by atoms with Crippen molar-refractivity contribution in [3.05, 3.63) is 29.8 Å². The van der Waals surface area contributed by atoms with E-state index in [-0.39, 0.29) is 17.6 Å². The molecule has 3 aliphatic rings. The van der Waals surface area contributed by atoms with Gasteiger partial charge in [0.15, 0.2) is 9.84 Å². The van der Waals surface area contributed by atoms with E-state index in [1.807, 2.05) is 19.1 Å². The number of amides is 1. The van der Waals surface area contributed by atoms with Gasteiger partial charge >= 0.3 is 0 Å². The summed E-state index contributed by atoms with van der Waals surface area (Å²) in [6, 6.07) is 7.19. The lowest BCUT2D eigenvalue weighted by Gasteiger charge is -2.51. The number of ether oxygens (including phenoxy) is 1. The minimum Gasteiger partial charge on any atom is -0.493 e. The number of rotatable bonds is 5. The van der Waals surface area contributed by atoms with Crippen molar-refractivity contribution in [2.75, 3.05) is 65.2 Å². The van der Waals surface area contributed by atoms with Crippen LogP contribution in [0.1, 0.15) is 23.7 Å². The van der Waals surface area contributed by atoms with Gasteiger partial charge < -0.3 is 19.4 Å². The van der Waals surface area contributed by atoms with Crippen LogP contribution in [0.15, 0.2) is 24.3 Å². The van der Waals surface area contributed by atoms with Gasteiger partial charge in [-0.05, 0) is 38.4 Å². The molecule has 0 N–H and O–H groups in total. The number of para-hydroxylation sites is 1. The molecule has 160 valence electrons. The zero-order valence-electron chi connectivity index (χ0n) is 17.3. The summed E-state index contributed by atoms with van der Waals surface area (Å²) in [4.78, 5) is 19.4. The number of carbonyl (C=O) groups is 1. The normalized spacial score (nSPS) is 26.4. The van der Waals surface area contributed by atoms with E-state index < -0.39 is 14.6 Å². The molecule has 3 saturated heterocycles. The Balaban J connectivity index is 1.47. The molecule has 0 radical (unpaired) electrons. The highest BCUT2D eigenvalue weighted by Gasteiger charge is 2.62. The SMILES string of the molecule is CCOc1ccccc1C(=O)N1CC2(C1)C(CN1CCN(C)CC1)CCS2(=O)=O. The Kier molecular flexibility index (Phi) is 5.61. The van der Waals surface area contributed by atoms with E-state index in [0.717, 1.165) is 32.7 Å². The number of likely N-dealkylation sites (N-methyl/N-ethyl adjacent to an activating group) is 1. The maximum absolute atomic E-state index is 13.0. The molecule has 0 bridgehead atoms. The molecule has 3 aliphatic heterocycles. The van der Waals surface area contributed by atoms with Crippen LogP contribution in [0.5, 0.6) is 5.75 Å². The van der Waals surface area contributed by atoms with Gasteiger partial charge in [0.2, 0.25) is 0 Å². The van der Waals surface area contributed by atoms with Gasteiger partial charge in [0.05, 0.1) is 17.9 Å². The second-order valence-electron chi connectivity index (χ2n) is 8.56. The number of nitrogens with zero attached hydrogens (tertiary/aromatic N) is 3. The van der Waals surface area contributed by atoms with Crippen LogP contribution in [0, 0.1) is 5.92 Å². The fourth-order valence-electron chi connectivity index (χ4n) is 4.91. The molecule has 8 heteroatoms. The third-order valence-electron chi connectivity index (χ3n) is 6.79. The van der Waals surface area contributed by atoms with Crippen LogP contribution < -0.4 is 4.74 Å². The van der Waals surface area contributed by atoms with E-state index in [1.165, 1.54) is 0 Å². The lowest BCUT2D eigenvalue weighted by atomic mass is 9.82. The Hall–Kier alpha value is -1.64. The van der Waals surface area contributed by atoms with Gasteiger partial charge in [-0.25, -0.2) is 8.42 Å². The Morgan fingerprint density at radius 2 is 1.86 bits per heavy atom. The van der Waals surface area contributed by atoms with Crippen molar-refractivity contribution in [1.29, 1.82) is 0 Å². The molecule has 1 aromatic rings. The third-order valence-corrected chi connectivity index (χ3v) is 9.40. The molecule has 3 fully saturated rings. The van der Waals surface area contributed by atoms with Crippen molar-refractivity contribution in [2.24, 2.45) is 5.92 Å². The molecule has 1 amide bonds.